The van der Waals surface area contributed by atoms with E-state index in [0.29, 0.717) is 48.5 Å². The van der Waals surface area contributed by atoms with E-state index in [9.17, 15) is 14.4 Å². The second-order valence-electron chi connectivity index (χ2n) is 9.81. The SMILES string of the molecule is COC(=O)c1ccc(Cl)cc1-c1ccc(/C=c2\sc3n(c2=O)[C@@H](c2cc(Br)ccc2OC)C(C(=O)OC(C)C)=C(C)N=3)o1. The standard InChI is InChI=1S/C31H26BrClN2O7S/c1-15(2)41-30(38)26-16(3)34-31-35(27(26)22-12-17(32)6-10-23(22)39-4)28(36)25(43-31)14-19-8-11-24(42-19)21-13-18(33)7-9-20(21)29(37)40-5/h6-15,27H,1-5H3/b25-14-/t27-/m0/s1. The summed E-state index contributed by atoms with van der Waals surface area (Å²) in [5.74, 6) is 0.112. The average molecular weight is 686 g/mol. The van der Waals surface area contributed by atoms with Gasteiger partial charge in [0.1, 0.15) is 23.3 Å². The summed E-state index contributed by atoms with van der Waals surface area (Å²) in [4.78, 5) is 44.8. The van der Waals surface area contributed by atoms with Crippen LogP contribution in [0.15, 0.2) is 78.5 Å². The molecule has 1 atom stereocenters. The average Bonchev–Trinajstić information content (AvgIpc) is 3.55. The molecule has 1 aliphatic heterocycles. The minimum Gasteiger partial charge on any atom is -0.496 e. The number of methoxy groups -OCH3 is 2. The Morgan fingerprint density at radius 2 is 1.88 bits per heavy atom. The molecule has 12 heteroatoms. The molecule has 1 aliphatic rings. The molecular formula is C31H26BrClN2O7S. The van der Waals surface area contributed by atoms with Crippen molar-refractivity contribution in [1.29, 1.82) is 0 Å². The van der Waals surface area contributed by atoms with E-state index >= 15 is 0 Å². The van der Waals surface area contributed by atoms with Gasteiger partial charge in [0, 0.05) is 26.7 Å². The molecule has 0 bridgehead atoms. The van der Waals surface area contributed by atoms with Crippen LogP contribution in [0.1, 0.15) is 48.5 Å². The highest BCUT2D eigenvalue weighted by molar-refractivity contribution is 9.10. The Morgan fingerprint density at radius 3 is 2.58 bits per heavy atom. The lowest BCUT2D eigenvalue weighted by Crippen LogP contribution is -2.40. The van der Waals surface area contributed by atoms with Crippen LogP contribution in [0, 0.1) is 0 Å². The fraction of sp³-hybridized carbons (Fsp3) is 0.226. The monoisotopic (exact) mass is 684 g/mol. The number of halogens is 2. The molecule has 5 rings (SSSR count). The minimum absolute atomic E-state index is 0.237. The van der Waals surface area contributed by atoms with Crippen LogP contribution in [-0.4, -0.2) is 36.8 Å². The number of thiazole rings is 1. The Kier molecular flexibility index (Phi) is 8.77. The third kappa shape index (κ3) is 5.97. The van der Waals surface area contributed by atoms with Gasteiger partial charge in [0.15, 0.2) is 4.80 Å². The Labute approximate surface area is 263 Å². The molecular weight excluding hydrogens is 660 g/mol. The predicted octanol–water partition coefficient (Wildman–Crippen LogP) is 5.66. The van der Waals surface area contributed by atoms with E-state index in [2.05, 4.69) is 20.9 Å². The number of hydrogen-bond acceptors (Lipinski definition) is 9. The summed E-state index contributed by atoms with van der Waals surface area (Å²) >= 11 is 10.9. The summed E-state index contributed by atoms with van der Waals surface area (Å²) in [7, 11) is 2.82. The van der Waals surface area contributed by atoms with Crippen molar-refractivity contribution < 1.29 is 28.2 Å². The van der Waals surface area contributed by atoms with Gasteiger partial charge < -0.3 is 18.6 Å². The van der Waals surface area contributed by atoms with Gasteiger partial charge in [-0.15, -0.1) is 0 Å². The second kappa shape index (κ2) is 12.4. The molecule has 2 aromatic heterocycles. The molecule has 43 heavy (non-hydrogen) atoms. The molecule has 0 radical (unpaired) electrons. The fourth-order valence-electron chi connectivity index (χ4n) is 4.79. The van der Waals surface area contributed by atoms with Gasteiger partial charge in [-0.2, -0.15) is 0 Å². The summed E-state index contributed by atoms with van der Waals surface area (Å²) in [6.45, 7) is 5.23. The largest absolute Gasteiger partial charge is 0.496 e. The number of carbonyl (C=O) groups excluding carboxylic acids is 2. The molecule has 0 N–H and O–H groups in total. The molecule has 0 aliphatic carbocycles. The Balaban J connectivity index is 1.67. The summed E-state index contributed by atoms with van der Waals surface area (Å²) < 4.78 is 24.7. The summed E-state index contributed by atoms with van der Waals surface area (Å²) in [6, 6.07) is 12.6. The molecule has 2 aromatic carbocycles. The third-order valence-corrected chi connectivity index (χ3v) is 8.33. The maximum absolute atomic E-state index is 14.0. The van der Waals surface area contributed by atoms with Crippen molar-refractivity contribution in [2.45, 2.75) is 32.9 Å². The molecule has 0 fully saturated rings. The highest BCUT2D eigenvalue weighted by Crippen LogP contribution is 2.37. The van der Waals surface area contributed by atoms with Crippen molar-refractivity contribution >= 4 is 56.9 Å². The zero-order valence-corrected chi connectivity index (χ0v) is 26.9. The van der Waals surface area contributed by atoms with Crippen LogP contribution in [-0.2, 0) is 14.3 Å². The van der Waals surface area contributed by atoms with Crippen molar-refractivity contribution in [1.82, 2.24) is 4.57 Å². The number of fused-ring (bicyclic) bond motifs is 1. The van der Waals surface area contributed by atoms with Gasteiger partial charge in [-0.1, -0.05) is 38.9 Å². The predicted molar refractivity (Wildman–Crippen MR) is 166 cm³/mol. The number of allylic oxidation sites excluding steroid dienone is 1. The van der Waals surface area contributed by atoms with Gasteiger partial charge >= 0.3 is 11.9 Å². The molecule has 0 spiro atoms. The minimum atomic E-state index is -0.863. The Hall–Kier alpha value is -3.93. The van der Waals surface area contributed by atoms with Crippen LogP contribution in [0.25, 0.3) is 17.4 Å². The van der Waals surface area contributed by atoms with Gasteiger partial charge in [0.25, 0.3) is 5.56 Å². The molecule has 0 saturated carbocycles. The highest BCUT2D eigenvalue weighted by Gasteiger charge is 2.35. The molecule has 4 aromatic rings. The first kappa shape index (κ1) is 30.5. The van der Waals surface area contributed by atoms with E-state index in [-0.39, 0.29) is 22.8 Å². The first-order valence-electron chi connectivity index (χ1n) is 13.1. The molecule has 0 saturated heterocycles. The lowest BCUT2D eigenvalue weighted by Gasteiger charge is -2.26. The van der Waals surface area contributed by atoms with Crippen LogP contribution >= 0.6 is 38.9 Å². The van der Waals surface area contributed by atoms with Crippen LogP contribution in [0.2, 0.25) is 5.02 Å². The van der Waals surface area contributed by atoms with Gasteiger partial charge in [-0.25, -0.2) is 14.6 Å². The van der Waals surface area contributed by atoms with Gasteiger partial charge in [-0.05, 0) is 69.3 Å². The lowest BCUT2D eigenvalue weighted by molar-refractivity contribution is -0.143. The normalized spacial score (nSPS) is 14.9. The van der Waals surface area contributed by atoms with E-state index in [1.807, 2.05) is 12.1 Å². The zero-order chi connectivity index (χ0) is 31.0. The van der Waals surface area contributed by atoms with Gasteiger partial charge in [-0.3, -0.25) is 9.36 Å². The van der Waals surface area contributed by atoms with Crippen molar-refractivity contribution in [3.8, 4) is 17.1 Å². The van der Waals surface area contributed by atoms with E-state index < -0.39 is 18.0 Å². The fourth-order valence-corrected chi connectivity index (χ4v) is 6.36. The van der Waals surface area contributed by atoms with Crippen molar-refractivity contribution in [3.05, 3.63) is 106 Å². The maximum Gasteiger partial charge on any atom is 0.338 e. The number of esters is 2. The molecule has 0 amide bonds. The first-order chi connectivity index (χ1) is 20.5. The van der Waals surface area contributed by atoms with E-state index in [1.54, 1.807) is 63.2 Å². The number of carbonyl (C=O) groups is 2. The molecule has 9 nitrogen and oxygen atoms in total. The first-order valence-corrected chi connectivity index (χ1v) is 15.1. The van der Waals surface area contributed by atoms with Crippen LogP contribution in [0.5, 0.6) is 5.75 Å². The number of benzene rings is 2. The van der Waals surface area contributed by atoms with Gasteiger partial charge in [0.05, 0.1) is 41.7 Å². The third-order valence-electron chi connectivity index (χ3n) is 6.62. The van der Waals surface area contributed by atoms with E-state index in [0.717, 1.165) is 15.8 Å². The van der Waals surface area contributed by atoms with Gasteiger partial charge in [0.2, 0.25) is 0 Å². The number of hydrogen-bond donors (Lipinski definition) is 0. The van der Waals surface area contributed by atoms with Crippen LogP contribution in [0.4, 0.5) is 0 Å². The van der Waals surface area contributed by atoms with Crippen LogP contribution < -0.4 is 19.6 Å². The lowest BCUT2D eigenvalue weighted by atomic mass is 9.95. The maximum atomic E-state index is 14.0. The van der Waals surface area contributed by atoms with Crippen molar-refractivity contribution in [2.24, 2.45) is 4.99 Å². The number of nitrogens with zero attached hydrogens (tertiary/aromatic N) is 2. The van der Waals surface area contributed by atoms with Crippen molar-refractivity contribution in [2.75, 3.05) is 14.2 Å². The Bertz CT molecular complexity index is 1970. The topological polar surface area (TPSA) is 109 Å². The number of aromatic nitrogens is 1. The number of ether oxygens (including phenoxy) is 3. The summed E-state index contributed by atoms with van der Waals surface area (Å²) in [6.07, 6.45) is 1.21. The molecule has 3 heterocycles. The van der Waals surface area contributed by atoms with E-state index in [1.165, 1.54) is 18.8 Å². The molecule has 0 unspecified atom stereocenters. The Morgan fingerprint density at radius 1 is 1.12 bits per heavy atom. The quantitative estimate of drug-likeness (QED) is 0.231. The summed E-state index contributed by atoms with van der Waals surface area (Å²) in [5, 5.41) is 0.416. The smallest absolute Gasteiger partial charge is 0.338 e. The second-order valence-corrected chi connectivity index (χ2v) is 12.2. The number of furan rings is 1. The van der Waals surface area contributed by atoms with Crippen LogP contribution in [0.3, 0.4) is 0 Å². The van der Waals surface area contributed by atoms with E-state index in [4.69, 9.17) is 30.2 Å². The van der Waals surface area contributed by atoms with Crippen molar-refractivity contribution in [3.63, 3.8) is 0 Å². The summed E-state index contributed by atoms with van der Waals surface area (Å²) in [5.41, 5.74) is 1.61. The molecule has 222 valence electrons. The number of rotatable bonds is 7. The zero-order valence-electron chi connectivity index (χ0n) is 23.8. The highest BCUT2D eigenvalue weighted by atomic mass is 79.9.